The molecular weight excluding hydrogens is 154 g/mol. The van der Waals surface area contributed by atoms with E-state index in [9.17, 15) is 0 Å². The summed E-state index contributed by atoms with van der Waals surface area (Å²) in [7, 11) is 0. The molecule has 1 aliphatic rings. The first kappa shape index (κ1) is 7.71. The molecule has 0 spiro atoms. The van der Waals surface area contributed by atoms with Crippen molar-refractivity contribution in [2.45, 2.75) is 12.7 Å². The minimum atomic E-state index is -0.201. The molecule has 1 saturated heterocycles. The molecule has 0 saturated carbocycles. The van der Waals surface area contributed by atoms with Gasteiger partial charge in [0.2, 0.25) is 0 Å². The Hall–Kier alpha value is -0.930. The molecule has 2 heterocycles. The molecule has 3 heteroatoms. The summed E-state index contributed by atoms with van der Waals surface area (Å²) >= 11 is 0. The number of aromatic nitrogens is 1. The van der Waals surface area contributed by atoms with Gasteiger partial charge in [-0.2, -0.15) is 0 Å². The highest BCUT2D eigenvalue weighted by Crippen LogP contribution is 2.21. The molecule has 0 radical (unpaired) electrons. The molecule has 0 aliphatic carbocycles. The van der Waals surface area contributed by atoms with Crippen LogP contribution >= 0.6 is 0 Å². The van der Waals surface area contributed by atoms with Crippen LogP contribution in [0.4, 0.5) is 0 Å². The van der Waals surface area contributed by atoms with Crippen molar-refractivity contribution in [1.82, 2.24) is 4.98 Å². The Labute approximate surface area is 71.3 Å². The molecule has 0 aromatic carbocycles. The number of rotatable bonds is 1. The van der Waals surface area contributed by atoms with Crippen LogP contribution < -0.4 is 0 Å². The maximum atomic E-state index is 5.40. The average molecular weight is 165 g/mol. The zero-order valence-corrected chi connectivity index (χ0v) is 6.77. The molecule has 1 aliphatic heterocycles. The minimum absolute atomic E-state index is 0.201. The Morgan fingerprint density at radius 2 is 2.17 bits per heavy atom. The van der Waals surface area contributed by atoms with Crippen LogP contribution in [0.5, 0.6) is 0 Å². The lowest BCUT2D eigenvalue weighted by atomic mass is 10.2. The second-order valence-electron chi connectivity index (χ2n) is 2.71. The van der Waals surface area contributed by atoms with Gasteiger partial charge in [0, 0.05) is 18.0 Å². The SMILES string of the molecule is c1cncc(C2OCCCO2)c1. The first-order valence-electron chi connectivity index (χ1n) is 4.10. The van der Waals surface area contributed by atoms with Crippen molar-refractivity contribution >= 4 is 0 Å². The molecule has 2 rings (SSSR count). The van der Waals surface area contributed by atoms with E-state index in [0.717, 1.165) is 25.2 Å². The summed E-state index contributed by atoms with van der Waals surface area (Å²) in [5.74, 6) is 0. The first-order valence-corrected chi connectivity index (χ1v) is 4.10. The summed E-state index contributed by atoms with van der Waals surface area (Å²) < 4.78 is 10.8. The Morgan fingerprint density at radius 3 is 2.83 bits per heavy atom. The van der Waals surface area contributed by atoms with Gasteiger partial charge in [0.25, 0.3) is 0 Å². The molecule has 0 amide bonds. The van der Waals surface area contributed by atoms with Gasteiger partial charge in [-0.05, 0) is 12.5 Å². The molecule has 0 bridgehead atoms. The van der Waals surface area contributed by atoms with E-state index in [1.165, 1.54) is 0 Å². The lowest BCUT2D eigenvalue weighted by Gasteiger charge is -2.22. The molecule has 0 atom stereocenters. The third-order valence-electron chi connectivity index (χ3n) is 1.78. The fourth-order valence-electron chi connectivity index (χ4n) is 1.20. The molecule has 1 aromatic rings. The maximum Gasteiger partial charge on any atom is 0.185 e. The van der Waals surface area contributed by atoms with Gasteiger partial charge in [0.1, 0.15) is 0 Å². The molecule has 64 valence electrons. The van der Waals surface area contributed by atoms with Crippen LogP contribution in [-0.2, 0) is 9.47 Å². The first-order chi connectivity index (χ1) is 5.97. The highest BCUT2D eigenvalue weighted by molar-refractivity contribution is 5.10. The van der Waals surface area contributed by atoms with Gasteiger partial charge in [0.05, 0.1) is 13.2 Å². The van der Waals surface area contributed by atoms with Crippen LogP contribution in [-0.4, -0.2) is 18.2 Å². The van der Waals surface area contributed by atoms with Crippen molar-refractivity contribution in [3.05, 3.63) is 30.1 Å². The van der Waals surface area contributed by atoms with Crippen LogP contribution in [0.25, 0.3) is 0 Å². The van der Waals surface area contributed by atoms with Crippen molar-refractivity contribution < 1.29 is 9.47 Å². The number of pyridine rings is 1. The van der Waals surface area contributed by atoms with Gasteiger partial charge in [-0.25, -0.2) is 0 Å². The highest BCUT2D eigenvalue weighted by atomic mass is 16.7. The van der Waals surface area contributed by atoms with Gasteiger partial charge < -0.3 is 9.47 Å². The molecular formula is C9H11NO2. The summed E-state index contributed by atoms with van der Waals surface area (Å²) in [6.45, 7) is 1.55. The Balaban J connectivity index is 2.08. The largest absolute Gasteiger partial charge is 0.348 e. The Morgan fingerprint density at radius 1 is 1.33 bits per heavy atom. The Bertz CT molecular complexity index is 232. The van der Waals surface area contributed by atoms with Gasteiger partial charge in [-0.3, -0.25) is 4.98 Å². The van der Waals surface area contributed by atoms with E-state index in [2.05, 4.69) is 4.98 Å². The zero-order valence-electron chi connectivity index (χ0n) is 6.77. The molecule has 1 fully saturated rings. The summed E-state index contributed by atoms with van der Waals surface area (Å²) in [6.07, 6.45) is 4.30. The predicted octanol–water partition coefficient (Wildman–Crippen LogP) is 1.52. The van der Waals surface area contributed by atoms with Crippen LogP contribution in [0, 0.1) is 0 Å². The smallest absolute Gasteiger partial charge is 0.185 e. The monoisotopic (exact) mass is 165 g/mol. The van der Waals surface area contributed by atoms with Crippen LogP contribution in [0.3, 0.4) is 0 Å². The van der Waals surface area contributed by atoms with Crippen LogP contribution in [0.15, 0.2) is 24.5 Å². The fraction of sp³-hybridized carbons (Fsp3) is 0.444. The third kappa shape index (κ3) is 1.62. The van der Waals surface area contributed by atoms with Crippen molar-refractivity contribution in [3.63, 3.8) is 0 Å². The molecule has 3 nitrogen and oxygen atoms in total. The molecule has 12 heavy (non-hydrogen) atoms. The highest BCUT2D eigenvalue weighted by Gasteiger charge is 2.15. The normalized spacial score (nSPS) is 19.3. The topological polar surface area (TPSA) is 31.4 Å². The fourth-order valence-corrected chi connectivity index (χ4v) is 1.20. The maximum absolute atomic E-state index is 5.40. The summed E-state index contributed by atoms with van der Waals surface area (Å²) in [4.78, 5) is 4.00. The van der Waals surface area contributed by atoms with E-state index in [1.54, 1.807) is 12.4 Å². The van der Waals surface area contributed by atoms with E-state index >= 15 is 0 Å². The van der Waals surface area contributed by atoms with Crippen LogP contribution in [0.2, 0.25) is 0 Å². The van der Waals surface area contributed by atoms with Gasteiger partial charge in [-0.15, -0.1) is 0 Å². The van der Waals surface area contributed by atoms with Gasteiger partial charge >= 0.3 is 0 Å². The van der Waals surface area contributed by atoms with Crippen molar-refractivity contribution in [1.29, 1.82) is 0 Å². The summed E-state index contributed by atoms with van der Waals surface area (Å²) in [5.41, 5.74) is 0.997. The standard InChI is InChI=1S/C9H11NO2/c1-3-8(7-10-4-1)9-11-5-2-6-12-9/h1,3-4,7,9H,2,5-6H2. The number of nitrogens with zero attached hydrogens (tertiary/aromatic N) is 1. The molecule has 0 unspecified atom stereocenters. The average Bonchev–Trinajstić information content (AvgIpc) is 2.21. The van der Waals surface area contributed by atoms with E-state index in [1.807, 2.05) is 12.1 Å². The van der Waals surface area contributed by atoms with Crippen molar-refractivity contribution in [3.8, 4) is 0 Å². The van der Waals surface area contributed by atoms with Gasteiger partial charge in [0.15, 0.2) is 6.29 Å². The second-order valence-corrected chi connectivity index (χ2v) is 2.71. The second kappa shape index (κ2) is 3.65. The molecule has 0 N–H and O–H groups in total. The molecule has 1 aromatic heterocycles. The van der Waals surface area contributed by atoms with E-state index in [-0.39, 0.29) is 6.29 Å². The van der Waals surface area contributed by atoms with E-state index < -0.39 is 0 Å². The zero-order chi connectivity index (χ0) is 8.23. The predicted molar refractivity (Wildman–Crippen MR) is 43.5 cm³/mol. The number of hydrogen-bond acceptors (Lipinski definition) is 3. The van der Waals surface area contributed by atoms with Crippen molar-refractivity contribution in [2.75, 3.05) is 13.2 Å². The minimum Gasteiger partial charge on any atom is -0.348 e. The Kier molecular flexibility index (Phi) is 2.34. The lowest BCUT2D eigenvalue weighted by Crippen LogP contribution is -2.17. The lowest BCUT2D eigenvalue weighted by molar-refractivity contribution is -0.183. The summed E-state index contributed by atoms with van der Waals surface area (Å²) in [6, 6.07) is 3.85. The summed E-state index contributed by atoms with van der Waals surface area (Å²) in [5, 5.41) is 0. The van der Waals surface area contributed by atoms with E-state index in [0.29, 0.717) is 0 Å². The number of ether oxygens (including phenoxy) is 2. The third-order valence-corrected chi connectivity index (χ3v) is 1.78. The van der Waals surface area contributed by atoms with E-state index in [4.69, 9.17) is 9.47 Å². The number of hydrogen-bond donors (Lipinski definition) is 0. The van der Waals surface area contributed by atoms with Gasteiger partial charge in [-0.1, -0.05) is 6.07 Å². The van der Waals surface area contributed by atoms with Crippen molar-refractivity contribution in [2.24, 2.45) is 0 Å². The quantitative estimate of drug-likeness (QED) is 0.632. The van der Waals surface area contributed by atoms with Crippen LogP contribution in [0.1, 0.15) is 18.3 Å².